The maximum Gasteiger partial charge on any atom is 0.410 e. The number of fused-ring (bicyclic) bond motifs is 5. The maximum absolute atomic E-state index is 12.7. The number of carbonyl (C=O) groups is 1. The Hall–Kier alpha value is -2.70. The highest BCUT2D eigenvalue weighted by Gasteiger charge is 2.53. The van der Waals surface area contributed by atoms with Gasteiger partial charge in [-0.2, -0.15) is 9.97 Å². The molecule has 2 spiro atoms. The topological polar surface area (TPSA) is 71.5 Å². The second-order valence-electron chi connectivity index (χ2n) is 12.2. The molecule has 8 rings (SSSR count). The van der Waals surface area contributed by atoms with Crippen LogP contribution in [-0.2, 0) is 15.6 Å². The van der Waals surface area contributed by atoms with Gasteiger partial charge in [-0.05, 0) is 76.7 Å². The lowest BCUT2D eigenvalue weighted by Crippen LogP contribution is -2.50. The van der Waals surface area contributed by atoms with Gasteiger partial charge in [-0.15, -0.1) is 0 Å². The minimum atomic E-state index is -0.479. The van der Waals surface area contributed by atoms with Crippen LogP contribution in [0.3, 0.4) is 0 Å². The quantitative estimate of drug-likeness (QED) is 0.621. The van der Waals surface area contributed by atoms with Gasteiger partial charge in [-0.3, -0.25) is 0 Å². The third-order valence-corrected chi connectivity index (χ3v) is 8.77. The van der Waals surface area contributed by atoms with Gasteiger partial charge in [0.15, 0.2) is 5.82 Å². The number of carbonyl (C=O) groups excluding carboxylic acids is 1. The third kappa shape index (κ3) is 3.23. The van der Waals surface area contributed by atoms with Crippen molar-refractivity contribution in [1.82, 2.24) is 19.9 Å². The van der Waals surface area contributed by atoms with Gasteiger partial charge < -0.3 is 14.5 Å². The zero-order valence-corrected chi connectivity index (χ0v) is 20.4. The second-order valence-corrected chi connectivity index (χ2v) is 12.2. The Kier molecular flexibility index (Phi) is 4.07. The van der Waals surface area contributed by atoms with E-state index in [1.54, 1.807) is 0 Å². The summed E-state index contributed by atoms with van der Waals surface area (Å²) < 4.78 is 5.65. The predicted molar refractivity (Wildman–Crippen MR) is 129 cm³/mol. The lowest BCUT2D eigenvalue weighted by atomic mass is 9.86. The SMILES string of the molecule is CC(C)(C)OC(=O)N1CC2CC1CN2c1nc2nc(n1)C1(CCC3(CC3)c3ccc-2cc3)CC1. The average Bonchev–Trinajstić information content (AvgIpc) is 3.70. The molecule has 7 heteroatoms. The summed E-state index contributed by atoms with van der Waals surface area (Å²) in [5.74, 6) is 2.56. The molecule has 5 heterocycles. The number of amides is 1. The number of hydrogen-bond donors (Lipinski definition) is 0. The molecule has 34 heavy (non-hydrogen) atoms. The summed E-state index contributed by atoms with van der Waals surface area (Å²) in [7, 11) is 0. The van der Waals surface area contributed by atoms with Gasteiger partial charge in [0.25, 0.3) is 0 Å². The molecule has 2 unspecified atom stereocenters. The Bertz CT molecular complexity index is 1160. The van der Waals surface area contributed by atoms with Crippen molar-refractivity contribution in [2.24, 2.45) is 0 Å². The van der Waals surface area contributed by atoms with Crippen LogP contribution >= 0.6 is 0 Å². The highest BCUT2D eigenvalue weighted by molar-refractivity contribution is 5.70. The molecule has 2 saturated carbocycles. The number of benzene rings is 1. The molecule has 4 aliphatic heterocycles. The average molecular weight is 460 g/mol. The van der Waals surface area contributed by atoms with E-state index in [1.807, 2.05) is 25.7 Å². The molecule has 7 nitrogen and oxygen atoms in total. The molecular weight excluding hydrogens is 426 g/mol. The molecule has 0 N–H and O–H groups in total. The van der Waals surface area contributed by atoms with Gasteiger partial charge in [-0.1, -0.05) is 24.3 Å². The summed E-state index contributed by atoms with van der Waals surface area (Å²) >= 11 is 0. The Labute approximate surface area is 200 Å². The molecular formula is C27H33N5O2. The maximum atomic E-state index is 12.7. The van der Waals surface area contributed by atoms with Crippen LogP contribution in [0.5, 0.6) is 0 Å². The molecule has 1 amide bonds. The Morgan fingerprint density at radius 3 is 2.21 bits per heavy atom. The van der Waals surface area contributed by atoms with E-state index in [2.05, 4.69) is 29.2 Å². The van der Waals surface area contributed by atoms with E-state index in [0.29, 0.717) is 12.0 Å². The zero-order valence-electron chi connectivity index (χ0n) is 20.4. The molecule has 2 aromatic rings. The summed E-state index contributed by atoms with van der Waals surface area (Å²) in [6.07, 6.45) is 8.08. The fourth-order valence-electron chi connectivity index (χ4n) is 6.34. The first-order valence-corrected chi connectivity index (χ1v) is 12.9. The fraction of sp³-hybridized carbons (Fsp3) is 0.630. The van der Waals surface area contributed by atoms with Gasteiger partial charge in [-0.25, -0.2) is 9.78 Å². The zero-order chi connectivity index (χ0) is 23.3. The van der Waals surface area contributed by atoms with Crippen LogP contribution in [0, 0.1) is 0 Å². The van der Waals surface area contributed by atoms with Crippen LogP contribution < -0.4 is 4.90 Å². The van der Waals surface area contributed by atoms with Gasteiger partial charge in [0.05, 0.1) is 12.1 Å². The molecule has 1 aromatic heterocycles. The van der Waals surface area contributed by atoms with Crippen LogP contribution in [0.2, 0.25) is 0 Å². The fourth-order valence-corrected chi connectivity index (χ4v) is 6.34. The highest BCUT2D eigenvalue weighted by Crippen LogP contribution is 2.58. The van der Waals surface area contributed by atoms with Crippen molar-refractivity contribution >= 4 is 12.0 Å². The van der Waals surface area contributed by atoms with Crippen LogP contribution in [-0.4, -0.2) is 56.7 Å². The minimum absolute atomic E-state index is 0.119. The predicted octanol–water partition coefficient (Wildman–Crippen LogP) is 4.59. The molecule has 2 saturated heterocycles. The second kappa shape index (κ2) is 6.70. The first-order chi connectivity index (χ1) is 16.2. The van der Waals surface area contributed by atoms with E-state index in [1.165, 1.54) is 37.7 Å². The largest absolute Gasteiger partial charge is 0.444 e. The Balaban J connectivity index is 1.21. The molecule has 2 aliphatic carbocycles. The van der Waals surface area contributed by atoms with E-state index in [-0.39, 0.29) is 23.6 Å². The smallest absolute Gasteiger partial charge is 0.410 e. The third-order valence-electron chi connectivity index (χ3n) is 8.77. The van der Waals surface area contributed by atoms with E-state index in [9.17, 15) is 4.79 Å². The van der Waals surface area contributed by atoms with Crippen molar-refractivity contribution in [3.05, 3.63) is 35.7 Å². The van der Waals surface area contributed by atoms with E-state index < -0.39 is 5.60 Å². The van der Waals surface area contributed by atoms with Crippen LogP contribution in [0.4, 0.5) is 10.7 Å². The molecule has 4 fully saturated rings. The summed E-state index contributed by atoms with van der Waals surface area (Å²) in [6.45, 7) is 7.17. The van der Waals surface area contributed by atoms with Crippen molar-refractivity contribution in [2.45, 2.75) is 94.2 Å². The summed E-state index contributed by atoms with van der Waals surface area (Å²) in [6, 6.07) is 9.37. The van der Waals surface area contributed by atoms with Crippen LogP contribution in [0.25, 0.3) is 11.4 Å². The normalized spacial score (nSPS) is 27.3. The lowest BCUT2D eigenvalue weighted by Gasteiger charge is -2.35. The number of aromatic nitrogens is 3. The summed E-state index contributed by atoms with van der Waals surface area (Å²) in [5, 5.41) is 0. The standard InChI is InChI=1S/C27H33N5O2/c1-25(2,3)34-24(33)32-16-19-14-20(32)15-31(19)23-29-21-17-4-6-18(7-5-17)26(8-9-26)10-11-27(12-13-27)22(28-21)30-23/h4-7,19-20H,8-16H2,1-3H3. The first-order valence-electron chi connectivity index (χ1n) is 12.9. The lowest BCUT2D eigenvalue weighted by molar-refractivity contribution is 0.0214. The van der Waals surface area contributed by atoms with Crippen LogP contribution in [0.15, 0.2) is 24.3 Å². The molecule has 2 atom stereocenters. The number of hydrogen-bond acceptors (Lipinski definition) is 6. The Morgan fingerprint density at radius 1 is 0.912 bits per heavy atom. The molecule has 1 aromatic carbocycles. The Morgan fingerprint density at radius 2 is 1.59 bits per heavy atom. The van der Waals surface area contributed by atoms with Gasteiger partial charge in [0.2, 0.25) is 5.95 Å². The number of anilines is 1. The van der Waals surface area contributed by atoms with E-state index >= 15 is 0 Å². The number of ether oxygens (including phenoxy) is 1. The summed E-state index contributed by atoms with van der Waals surface area (Å²) in [5.41, 5.74) is 2.57. The van der Waals surface area contributed by atoms with Gasteiger partial charge in [0, 0.05) is 24.1 Å². The molecule has 0 radical (unpaired) electrons. The molecule has 6 aliphatic rings. The minimum Gasteiger partial charge on any atom is -0.444 e. The van der Waals surface area contributed by atoms with E-state index in [0.717, 1.165) is 42.5 Å². The molecule has 6 bridgehead atoms. The monoisotopic (exact) mass is 459 g/mol. The van der Waals surface area contributed by atoms with Crippen molar-refractivity contribution in [3.63, 3.8) is 0 Å². The van der Waals surface area contributed by atoms with Crippen molar-refractivity contribution in [3.8, 4) is 11.4 Å². The highest BCUT2D eigenvalue weighted by atomic mass is 16.6. The van der Waals surface area contributed by atoms with Crippen molar-refractivity contribution in [2.75, 3.05) is 18.0 Å². The number of nitrogens with zero attached hydrogens (tertiary/aromatic N) is 5. The molecule has 178 valence electrons. The van der Waals surface area contributed by atoms with E-state index in [4.69, 9.17) is 19.7 Å². The number of likely N-dealkylation sites (tertiary alicyclic amines) is 1. The number of piperazine rings is 1. The summed E-state index contributed by atoms with van der Waals surface area (Å²) in [4.78, 5) is 32.0. The van der Waals surface area contributed by atoms with Crippen molar-refractivity contribution in [1.29, 1.82) is 0 Å². The van der Waals surface area contributed by atoms with Crippen molar-refractivity contribution < 1.29 is 9.53 Å². The first kappa shape index (κ1) is 20.7. The van der Waals surface area contributed by atoms with Gasteiger partial charge in [0.1, 0.15) is 11.4 Å². The number of rotatable bonds is 1. The van der Waals surface area contributed by atoms with Crippen LogP contribution in [0.1, 0.15) is 77.1 Å². The van der Waals surface area contributed by atoms with Gasteiger partial charge >= 0.3 is 6.09 Å².